The lowest BCUT2D eigenvalue weighted by Crippen LogP contribution is -1.78. The van der Waals surface area contributed by atoms with Gasteiger partial charge in [0.25, 0.3) is 0 Å². The fraction of sp³-hybridized carbons (Fsp3) is 0. The quantitative estimate of drug-likeness (QED) is 0.249. The number of rotatable bonds is 4. The van der Waals surface area contributed by atoms with E-state index in [4.69, 9.17) is 43.6 Å². The van der Waals surface area contributed by atoms with Crippen molar-refractivity contribution in [2.75, 3.05) is 0 Å². The summed E-state index contributed by atoms with van der Waals surface area (Å²) < 4.78 is 11.7. The summed E-state index contributed by atoms with van der Waals surface area (Å²) in [6, 6.07) is 22.0. The van der Waals surface area contributed by atoms with Crippen LogP contribution in [-0.2, 0) is 0 Å². The fourth-order valence-corrected chi connectivity index (χ4v) is 3.59. The van der Waals surface area contributed by atoms with Crippen molar-refractivity contribution >= 4 is 57.8 Å². The maximum Gasteiger partial charge on any atom is 0.227 e. The van der Waals surface area contributed by atoms with Crippen molar-refractivity contribution in [2.24, 2.45) is 4.99 Å². The van der Waals surface area contributed by atoms with Gasteiger partial charge in [0, 0.05) is 16.1 Å². The summed E-state index contributed by atoms with van der Waals surface area (Å²) in [6.07, 6.45) is 1.66. The number of aromatic nitrogens is 1. The van der Waals surface area contributed by atoms with Crippen LogP contribution in [0.2, 0.25) is 15.1 Å². The topological polar surface area (TPSA) is 51.5 Å². The Labute approximate surface area is 192 Å². The van der Waals surface area contributed by atoms with Crippen LogP contribution in [0, 0.1) is 0 Å². The van der Waals surface area contributed by atoms with Crippen LogP contribution in [0.1, 0.15) is 5.76 Å². The van der Waals surface area contributed by atoms with Gasteiger partial charge >= 0.3 is 0 Å². The summed E-state index contributed by atoms with van der Waals surface area (Å²) in [6.45, 7) is 0. The second kappa shape index (κ2) is 8.23. The molecule has 4 nitrogen and oxygen atoms in total. The minimum atomic E-state index is 0.447. The lowest BCUT2D eigenvalue weighted by Gasteiger charge is -1.97. The van der Waals surface area contributed by atoms with E-state index in [2.05, 4.69) is 9.98 Å². The number of nitrogens with zero attached hydrogens (tertiary/aromatic N) is 2. The lowest BCUT2D eigenvalue weighted by molar-refractivity contribution is 0.575. The number of fused-ring (bicyclic) bond motifs is 1. The zero-order valence-electron chi connectivity index (χ0n) is 15.9. The van der Waals surface area contributed by atoms with Crippen LogP contribution in [0.5, 0.6) is 0 Å². The highest BCUT2D eigenvalue weighted by molar-refractivity contribution is 6.42. The third-order valence-corrected chi connectivity index (χ3v) is 5.59. The lowest BCUT2D eigenvalue weighted by atomic mass is 10.2. The molecule has 0 fully saturated rings. The van der Waals surface area contributed by atoms with Crippen molar-refractivity contribution in [1.82, 2.24) is 4.98 Å². The van der Waals surface area contributed by atoms with Gasteiger partial charge in [-0.15, -0.1) is 0 Å². The van der Waals surface area contributed by atoms with Gasteiger partial charge in [-0.25, -0.2) is 4.98 Å². The molecule has 0 saturated carbocycles. The zero-order valence-corrected chi connectivity index (χ0v) is 18.1. The molecule has 7 heteroatoms. The van der Waals surface area contributed by atoms with Gasteiger partial charge in [0.15, 0.2) is 5.58 Å². The van der Waals surface area contributed by atoms with E-state index < -0.39 is 0 Å². The van der Waals surface area contributed by atoms with Crippen molar-refractivity contribution in [2.45, 2.75) is 0 Å². The molecule has 0 N–H and O–H groups in total. The molecule has 0 saturated heterocycles. The van der Waals surface area contributed by atoms with Gasteiger partial charge in [-0.2, -0.15) is 0 Å². The normalized spacial score (nSPS) is 11.6. The van der Waals surface area contributed by atoms with Crippen LogP contribution in [0.4, 0.5) is 5.69 Å². The highest BCUT2D eigenvalue weighted by atomic mass is 35.5. The monoisotopic (exact) mass is 466 g/mol. The SMILES string of the molecule is Clc1cccc(-c2ccc(C=Nc3ccc4oc(-c5ccc(Cl)c(Cl)c5)nc4c3)o2)c1. The Morgan fingerprint density at radius 2 is 1.68 bits per heavy atom. The Bertz CT molecular complexity index is 1440. The fourth-order valence-electron chi connectivity index (χ4n) is 3.11. The number of halogens is 3. The van der Waals surface area contributed by atoms with Crippen LogP contribution in [0.15, 0.2) is 86.6 Å². The van der Waals surface area contributed by atoms with E-state index in [1.165, 1.54) is 0 Å². The zero-order chi connectivity index (χ0) is 21.4. The summed E-state index contributed by atoms with van der Waals surface area (Å²) in [4.78, 5) is 9.04. The average Bonchev–Trinajstić information content (AvgIpc) is 3.41. The minimum absolute atomic E-state index is 0.447. The van der Waals surface area contributed by atoms with Crippen LogP contribution < -0.4 is 0 Å². The Kier molecular flexibility index (Phi) is 5.28. The molecule has 0 aliphatic carbocycles. The first kappa shape index (κ1) is 19.9. The number of oxazole rings is 1. The van der Waals surface area contributed by atoms with Gasteiger partial charge < -0.3 is 8.83 Å². The number of furan rings is 1. The van der Waals surface area contributed by atoms with Gasteiger partial charge in [0.05, 0.1) is 21.9 Å². The van der Waals surface area contributed by atoms with Gasteiger partial charge in [-0.3, -0.25) is 4.99 Å². The Morgan fingerprint density at radius 1 is 0.774 bits per heavy atom. The van der Waals surface area contributed by atoms with E-state index in [9.17, 15) is 0 Å². The minimum Gasteiger partial charge on any atom is -0.455 e. The Balaban J connectivity index is 1.39. The van der Waals surface area contributed by atoms with E-state index in [0.29, 0.717) is 37.8 Å². The number of aliphatic imine (C=N–C) groups is 1. The van der Waals surface area contributed by atoms with Crippen molar-refractivity contribution in [1.29, 1.82) is 0 Å². The third kappa shape index (κ3) is 4.23. The first-order valence-corrected chi connectivity index (χ1v) is 10.4. The standard InChI is InChI=1S/C24H13Cl3N2O2/c25-16-3-1-2-14(10-16)22-9-6-18(30-22)13-28-17-5-8-23-21(12-17)29-24(31-23)15-4-7-19(26)20(27)11-15/h1-13H. The molecule has 0 amide bonds. The van der Waals surface area contributed by atoms with Crippen molar-refractivity contribution in [3.8, 4) is 22.8 Å². The number of benzene rings is 3. The van der Waals surface area contributed by atoms with Gasteiger partial charge in [0.1, 0.15) is 17.0 Å². The predicted molar refractivity (Wildman–Crippen MR) is 126 cm³/mol. The van der Waals surface area contributed by atoms with Crippen molar-refractivity contribution in [3.63, 3.8) is 0 Å². The molecular formula is C24H13Cl3N2O2. The Morgan fingerprint density at radius 3 is 2.52 bits per heavy atom. The molecule has 3 aromatic carbocycles. The molecule has 0 spiro atoms. The first-order chi connectivity index (χ1) is 15.0. The highest BCUT2D eigenvalue weighted by Crippen LogP contribution is 2.31. The maximum absolute atomic E-state index is 6.10. The summed E-state index contributed by atoms with van der Waals surface area (Å²) in [5, 5.41) is 1.59. The summed E-state index contributed by atoms with van der Waals surface area (Å²) in [7, 11) is 0. The van der Waals surface area contributed by atoms with E-state index in [-0.39, 0.29) is 0 Å². The summed E-state index contributed by atoms with van der Waals surface area (Å²) in [5.41, 5.74) is 3.73. The maximum atomic E-state index is 6.10. The van der Waals surface area contributed by atoms with Crippen LogP contribution in [0.3, 0.4) is 0 Å². The largest absolute Gasteiger partial charge is 0.455 e. The summed E-state index contributed by atoms with van der Waals surface area (Å²) >= 11 is 18.1. The molecule has 0 radical (unpaired) electrons. The molecule has 5 aromatic rings. The molecule has 0 aliphatic rings. The first-order valence-electron chi connectivity index (χ1n) is 9.31. The molecule has 0 atom stereocenters. The molecule has 2 aromatic heterocycles. The average molecular weight is 468 g/mol. The van der Waals surface area contributed by atoms with Gasteiger partial charge in [0.2, 0.25) is 5.89 Å². The molecule has 31 heavy (non-hydrogen) atoms. The summed E-state index contributed by atoms with van der Waals surface area (Å²) in [5.74, 6) is 1.82. The third-order valence-electron chi connectivity index (χ3n) is 4.61. The molecule has 0 bridgehead atoms. The number of hydrogen-bond donors (Lipinski definition) is 0. The van der Waals surface area contributed by atoms with E-state index in [1.54, 1.807) is 18.3 Å². The van der Waals surface area contributed by atoms with E-state index >= 15 is 0 Å². The molecule has 0 aliphatic heterocycles. The van der Waals surface area contributed by atoms with Crippen molar-refractivity contribution in [3.05, 3.63) is 93.6 Å². The van der Waals surface area contributed by atoms with E-state index in [0.717, 1.165) is 22.6 Å². The van der Waals surface area contributed by atoms with Gasteiger partial charge in [-0.05, 0) is 60.7 Å². The Hall–Kier alpha value is -3.05. The van der Waals surface area contributed by atoms with Crippen LogP contribution in [-0.4, -0.2) is 11.2 Å². The van der Waals surface area contributed by atoms with Crippen LogP contribution in [0.25, 0.3) is 33.9 Å². The highest BCUT2D eigenvalue weighted by Gasteiger charge is 2.11. The predicted octanol–water partition coefficient (Wildman–Crippen LogP) is 8.47. The second-order valence-electron chi connectivity index (χ2n) is 6.77. The smallest absolute Gasteiger partial charge is 0.227 e. The second-order valence-corrected chi connectivity index (χ2v) is 8.02. The van der Waals surface area contributed by atoms with Crippen LogP contribution >= 0.6 is 34.8 Å². The van der Waals surface area contributed by atoms with E-state index in [1.807, 2.05) is 60.7 Å². The van der Waals surface area contributed by atoms with Crippen molar-refractivity contribution < 1.29 is 8.83 Å². The van der Waals surface area contributed by atoms with Gasteiger partial charge in [-0.1, -0.05) is 46.9 Å². The number of hydrogen-bond acceptors (Lipinski definition) is 4. The molecule has 2 heterocycles. The molecule has 0 unspecified atom stereocenters. The molecular weight excluding hydrogens is 455 g/mol. The molecule has 5 rings (SSSR count). The molecule has 152 valence electrons.